The summed E-state index contributed by atoms with van der Waals surface area (Å²) in [5.41, 5.74) is 0. The molecule has 0 saturated heterocycles. The Labute approximate surface area is 74.7 Å². The summed E-state index contributed by atoms with van der Waals surface area (Å²) < 4.78 is 5.08. The van der Waals surface area contributed by atoms with E-state index in [4.69, 9.17) is 16.3 Å². The van der Waals surface area contributed by atoms with Crippen LogP contribution in [0, 0.1) is 0 Å². The number of hydrogen-bond acceptors (Lipinski definition) is 1. The molecule has 0 aliphatic rings. The fraction of sp³-hybridized carbons (Fsp3) is 0.556. The van der Waals surface area contributed by atoms with E-state index in [1.165, 1.54) is 0 Å². The third-order valence-corrected chi connectivity index (χ3v) is 1.02. The predicted octanol–water partition coefficient (Wildman–Crippen LogP) is 3.71. The molecule has 0 aromatic heterocycles. The van der Waals surface area contributed by atoms with Crippen LogP contribution < -0.4 is 0 Å². The fourth-order valence-electron chi connectivity index (χ4n) is 0.474. The van der Waals surface area contributed by atoms with Crippen molar-refractivity contribution in [1.82, 2.24) is 0 Å². The highest BCUT2D eigenvalue weighted by Crippen LogP contribution is 2.12. The molecule has 0 N–H and O–H groups in total. The van der Waals surface area contributed by atoms with Crippen LogP contribution in [-0.2, 0) is 4.74 Å². The van der Waals surface area contributed by atoms with Gasteiger partial charge in [0.05, 0.1) is 11.6 Å². The molecule has 11 heavy (non-hydrogen) atoms. The summed E-state index contributed by atoms with van der Waals surface area (Å²) in [6.07, 6.45) is 1.79. The first kappa shape index (κ1) is 13.2. The van der Waals surface area contributed by atoms with E-state index in [0.29, 0.717) is 17.4 Å². The second-order valence-corrected chi connectivity index (χ2v) is 1.95. The molecule has 0 spiro atoms. The maximum absolute atomic E-state index is 5.53. The molecule has 0 aliphatic carbocycles. The van der Waals surface area contributed by atoms with Crippen LogP contribution in [0.3, 0.4) is 0 Å². The summed E-state index contributed by atoms with van der Waals surface area (Å²) in [5.74, 6) is 0.666. The molecular formula is C9H17ClO. The number of hydrogen-bond donors (Lipinski definition) is 0. The van der Waals surface area contributed by atoms with Crippen molar-refractivity contribution in [2.45, 2.75) is 27.7 Å². The van der Waals surface area contributed by atoms with Crippen LogP contribution in [0.4, 0.5) is 0 Å². The van der Waals surface area contributed by atoms with Gasteiger partial charge in [0.15, 0.2) is 0 Å². The minimum atomic E-state index is 0.458. The zero-order chi connectivity index (χ0) is 9.28. The molecule has 1 nitrogen and oxygen atoms in total. The van der Waals surface area contributed by atoms with Crippen molar-refractivity contribution in [3.63, 3.8) is 0 Å². The van der Waals surface area contributed by atoms with Gasteiger partial charge < -0.3 is 4.74 Å². The number of rotatable bonds is 3. The van der Waals surface area contributed by atoms with Gasteiger partial charge in [-0.3, -0.25) is 0 Å². The highest BCUT2D eigenvalue weighted by Gasteiger charge is 1.95. The van der Waals surface area contributed by atoms with Crippen molar-refractivity contribution in [2.75, 3.05) is 6.61 Å². The molecule has 0 amide bonds. The Balaban J connectivity index is 0. The lowest BCUT2D eigenvalue weighted by atomic mass is 10.4. The van der Waals surface area contributed by atoms with Gasteiger partial charge in [0.25, 0.3) is 0 Å². The standard InChI is InChI=1S/C7H11ClO.C2H6/c1-4-7(6(3)8)9-5-2;1-2/h4H,3,5H2,1-2H3;1-2H3/b7-4-;. The van der Waals surface area contributed by atoms with Crippen molar-refractivity contribution in [1.29, 1.82) is 0 Å². The van der Waals surface area contributed by atoms with Crippen LogP contribution in [0.15, 0.2) is 23.4 Å². The van der Waals surface area contributed by atoms with E-state index >= 15 is 0 Å². The first-order valence-corrected chi connectivity index (χ1v) is 4.24. The van der Waals surface area contributed by atoms with Crippen molar-refractivity contribution >= 4 is 11.6 Å². The summed E-state index contributed by atoms with van der Waals surface area (Å²) in [7, 11) is 0. The lowest BCUT2D eigenvalue weighted by Crippen LogP contribution is -1.89. The van der Waals surface area contributed by atoms with Crippen molar-refractivity contribution < 1.29 is 4.74 Å². The zero-order valence-corrected chi connectivity index (χ0v) is 8.53. The summed E-state index contributed by atoms with van der Waals surface area (Å²) in [6.45, 7) is 11.9. The van der Waals surface area contributed by atoms with Crippen LogP contribution in [0.5, 0.6) is 0 Å². The first-order chi connectivity index (χ1) is 5.22. The van der Waals surface area contributed by atoms with E-state index in [1.807, 2.05) is 27.7 Å². The van der Waals surface area contributed by atoms with Gasteiger partial charge in [-0.1, -0.05) is 32.0 Å². The number of halogens is 1. The third kappa shape index (κ3) is 7.47. The normalized spacial score (nSPS) is 9.73. The first-order valence-electron chi connectivity index (χ1n) is 3.86. The quantitative estimate of drug-likeness (QED) is 0.471. The molecule has 0 radical (unpaired) electrons. The van der Waals surface area contributed by atoms with E-state index in [-0.39, 0.29) is 0 Å². The molecule has 2 heteroatoms. The molecule has 0 atom stereocenters. The molecule has 0 heterocycles. The molecule has 0 saturated carbocycles. The van der Waals surface area contributed by atoms with E-state index in [2.05, 4.69) is 6.58 Å². The zero-order valence-electron chi connectivity index (χ0n) is 7.78. The third-order valence-electron chi connectivity index (χ3n) is 0.829. The molecule has 0 aliphatic heterocycles. The van der Waals surface area contributed by atoms with Gasteiger partial charge in [-0.2, -0.15) is 0 Å². The average Bonchev–Trinajstić information content (AvgIpc) is 2.03. The van der Waals surface area contributed by atoms with Crippen LogP contribution >= 0.6 is 11.6 Å². The Morgan fingerprint density at radius 3 is 2.09 bits per heavy atom. The minimum Gasteiger partial charge on any atom is -0.493 e. The van der Waals surface area contributed by atoms with Crippen LogP contribution in [0.2, 0.25) is 0 Å². The molecule has 0 aromatic rings. The average molecular weight is 177 g/mol. The second kappa shape index (κ2) is 9.57. The van der Waals surface area contributed by atoms with Gasteiger partial charge in [0.2, 0.25) is 0 Å². The number of ether oxygens (including phenoxy) is 1. The number of allylic oxidation sites excluding steroid dienone is 2. The molecular weight excluding hydrogens is 160 g/mol. The predicted molar refractivity (Wildman–Crippen MR) is 51.7 cm³/mol. The summed E-state index contributed by atoms with van der Waals surface area (Å²) >= 11 is 5.53. The maximum atomic E-state index is 5.53. The highest BCUT2D eigenvalue weighted by molar-refractivity contribution is 6.31. The Morgan fingerprint density at radius 2 is 2.00 bits per heavy atom. The van der Waals surface area contributed by atoms with Crippen LogP contribution in [-0.4, -0.2) is 6.61 Å². The fourth-order valence-corrected chi connectivity index (χ4v) is 0.637. The second-order valence-electron chi connectivity index (χ2n) is 1.49. The van der Waals surface area contributed by atoms with E-state index < -0.39 is 0 Å². The van der Waals surface area contributed by atoms with Gasteiger partial charge in [-0.05, 0) is 19.9 Å². The lowest BCUT2D eigenvalue weighted by Gasteiger charge is -2.03. The van der Waals surface area contributed by atoms with E-state index in [1.54, 1.807) is 6.08 Å². The van der Waals surface area contributed by atoms with Crippen molar-refractivity contribution in [3.05, 3.63) is 23.4 Å². The topological polar surface area (TPSA) is 9.23 Å². The summed E-state index contributed by atoms with van der Waals surface area (Å²) in [6, 6.07) is 0. The van der Waals surface area contributed by atoms with Gasteiger partial charge in [0, 0.05) is 0 Å². The lowest BCUT2D eigenvalue weighted by molar-refractivity contribution is 0.240. The van der Waals surface area contributed by atoms with E-state index in [0.717, 1.165) is 0 Å². The summed E-state index contributed by atoms with van der Waals surface area (Å²) in [5, 5.41) is 0.458. The molecule has 66 valence electrons. The molecule has 0 fully saturated rings. The van der Waals surface area contributed by atoms with Gasteiger partial charge in [-0.25, -0.2) is 0 Å². The van der Waals surface area contributed by atoms with Crippen molar-refractivity contribution in [2.24, 2.45) is 0 Å². The maximum Gasteiger partial charge on any atom is 0.132 e. The largest absolute Gasteiger partial charge is 0.493 e. The van der Waals surface area contributed by atoms with E-state index in [9.17, 15) is 0 Å². The Morgan fingerprint density at radius 1 is 1.55 bits per heavy atom. The summed E-state index contributed by atoms with van der Waals surface area (Å²) in [4.78, 5) is 0. The van der Waals surface area contributed by atoms with Crippen LogP contribution in [0.25, 0.3) is 0 Å². The Bertz CT molecular complexity index is 128. The monoisotopic (exact) mass is 176 g/mol. The van der Waals surface area contributed by atoms with Crippen molar-refractivity contribution in [3.8, 4) is 0 Å². The molecule has 0 bridgehead atoms. The Kier molecular flexibility index (Phi) is 11.5. The smallest absolute Gasteiger partial charge is 0.132 e. The molecule has 0 rings (SSSR count). The highest BCUT2D eigenvalue weighted by atomic mass is 35.5. The van der Waals surface area contributed by atoms with Gasteiger partial charge >= 0.3 is 0 Å². The van der Waals surface area contributed by atoms with Gasteiger partial charge in [-0.15, -0.1) is 0 Å². The SMILES string of the molecule is C=C(Cl)/C(=C/C)OCC.CC. The minimum absolute atomic E-state index is 0.458. The Hall–Kier alpha value is -0.430. The molecule has 0 aromatic carbocycles. The van der Waals surface area contributed by atoms with Gasteiger partial charge in [0.1, 0.15) is 5.76 Å². The van der Waals surface area contributed by atoms with Crippen LogP contribution in [0.1, 0.15) is 27.7 Å². The molecule has 0 unspecified atom stereocenters.